The molecule has 0 N–H and O–H groups in total. The van der Waals surface area contributed by atoms with Gasteiger partial charge in [-0.2, -0.15) is 0 Å². The van der Waals surface area contributed by atoms with Crippen molar-refractivity contribution in [1.82, 2.24) is 24.8 Å². The van der Waals surface area contributed by atoms with E-state index in [1.54, 1.807) is 25.2 Å². The molecule has 7 nitrogen and oxygen atoms in total. The molecule has 2 amide bonds. The van der Waals surface area contributed by atoms with Gasteiger partial charge in [0.2, 0.25) is 5.91 Å². The van der Waals surface area contributed by atoms with Crippen molar-refractivity contribution < 1.29 is 14.0 Å². The van der Waals surface area contributed by atoms with Gasteiger partial charge in [-0.15, -0.1) is 5.10 Å². The van der Waals surface area contributed by atoms with Gasteiger partial charge < -0.3 is 9.80 Å². The molecule has 24 heavy (non-hydrogen) atoms. The van der Waals surface area contributed by atoms with Crippen LogP contribution < -0.4 is 0 Å². The molecule has 2 unspecified atom stereocenters. The van der Waals surface area contributed by atoms with Gasteiger partial charge in [-0.1, -0.05) is 19.1 Å². The highest BCUT2D eigenvalue weighted by molar-refractivity contribution is 5.91. The van der Waals surface area contributed by atoms with Crippen molar-refractivity contribution >= 4 is 11.8 Å². The van der Waals surface area contributed by atoms with Gasteiger partial charge >= 0.3 is 0 Å². The van der Waals surface area contributed by atoms with E-state index in [1.807, 2.05) is 13.8 Å². The highest BCUT2D eigenvalue weighted by Crippen LogP contribution is 2.25. The van der Waals surface area contributed by atoms with Crippen LogP contribution in [0.15, 0.2) is 6.20 Å². The first-order chi connectivity index (χ1) is 11.4. The first-order valence-corrected chi connectivity index (χ1v) is 8.43. The number of rotatable bonds is 6. The van der Waals surface area contributed by atoms with Crippen LogP contribution in [0.5, 0.6) is 0 Å². The third-order valence-corrected chi connectivity index (χ3v) is 4.54. The zero-order valence-corrected chi connectivity index (χ0v) is 14.8. The first kappa shape index (κ1) is 18.4. The van der Waals surface area contributed by atoms with Crippen molar-refractivity contribution in [3.05, 3.63) is 11.9 Å². The van der Waals surface area contributed by atoms with Gasteiger partial charge in [0.15, 0.2) is 5.69 Å². The molecule has 0 saturated carbocycles. The Morgan fingerprint density at radius 3 is 2.62 bits per heavy atom. The predicted molar refractivity (Wildman–Crippen MR) is 87.1 cm³/mol. The standard InChI is InChI=1S/C16H26FN5O2/c1-5-11(6-2)15(23)22-8-12(17)7-13(22)9-21-10-14(18-19-21)16(24)20(3)4/h10-13H,5-9H2,1-4H3. The van der Waals surface area contributed by atoms with Crippen molar-refractivity contribution in [3.63, 3.8) is 0 Å². The van der Waals surface area contributed by atoms with Gasteiger partial charge in [0.05, 0.1) is 25.3 Å². The van der Waals surface area contributed by atoms with Gasteiger partial charge in [0.1, 0.15) is 6.17 Å². The third kappa shape index (κ3) is 3.91. The minimum absolute atomic E-state index is 0.00913. The number of likely N-dealkylation sites (tertiary alicyclic amines) is 1. The lowest BCUT2D eigenvalue weighted by molar-refractivity contribution is -0.137. The van der Waals surface area contributed by atoms with Gasteiger partial charge in [-0.3, -0.25) is 9.59 Å². The molecule has 2 heterocycles. The number of carbonyl (C=O) groups excluding carboxylic acids is 2. The van der Waals surface area contributed by atoms with Crippen molar-refractivity contribution in [3.8, 4) is 0 Å². The van der Waals surface area contributed by atoms with E-state index in [9.17, 15) is 14.0 Å². The number of aromatic nitrogens is 3. The fourth-order valence-electron chi connectivity index (χ4n) is 3.11. The maximum atomic E-state index is 13.9. The highest BCUT2D eigenvalue weighted by atomic mass is 19.1. The fourth-order valence-corrected chi connectivity index (χ4v) is 3.11. The SMILES string of the molecule is CCC(CC)C(=O)N1CC(F)CC1Cn1cc(C(=O)N(C)C)nn1. The highest BCUT2D eigenvalue weighted by Gasteiger charge is 2.37. The van der Waals surface area contributed by atoms with Gasteiger partial charge in [0.25, 0.3) is 5.91 Å². The summed E-state index contributed by atoms with van der Waals surface area (Å²) in [5, 5.41) is 7.81. The van der Waals surface area contributed by atoms with E-state index < -0.39 is 6.17 Å². The second-order valence-corrected chi connectivity index (χ2v) is 6.52. The first-order valence-electron chi connectivity index (χ1n) is 8.43. The van der Waals surface area contributed by atoms with Crippen molar-refractivity contribution in [2.45, 2.75) is 51.9 Å². The lowest BCUT2D eigenvalue weighted by atomic mass is 10.0. The van der Waals surface area contributed by atoms with Crippen LogP contribution in [-0.2, 0) is 11.3 Å². The smallest absolute Gasteiger partial charge is 0.275 e. The van der Waals surface area contributed by atoms with E-state index in [1.165, 1.54) is 9.58 Å². The molecular weight excluding hydrogens is 313 g/mol. The molecule has 2 rings (SSSR count). The molecule has 0 bridgehead atoms. The molecule has 1 aliphatic heterocycles. The quantitative estimate of drug-likeness (QED) is 0.784. The molecule has 1 aliphatic rings. The van der Waals surface area contributed by atoms with Crippen molar-refractivity contribution in [2.24, 2.45) is 5.92 Å². The van der Waals surface area contributed by atoms with E-state index >= 15 is 0 Å². The summed E-state index contributed by atoms with van der Waals surface area (Å²) in [5.41, 5.74) is 0.243. The average molecular weight is 339 g/mol. The van der Waals surface area contributed by atoms with Crippen LogP contribution in [0.4, 0.5) is 4.39 Å². The number of carbonyl (C=O) groups is 2. The Bertz CT molecular complexity index is 585. The topological polar surface area (TPSA) is 71.3 Å². The molecule has 1 aromatic rings. The monoisotopic (exact) mass is 339 g/mol. The minimum atomic E-state index is -1.01. The van der Waals surface area contributed by atoms with Crippen LogP contribution in [0.3, 0.4) is 0 Å². The Hall–Kier alpha value is -1.99. The van der Waals surface area contributed by atoms with Gasteiger partial charge in [-0.05, 0) is 12.8 Å². The zero-order chi connectivity index (χ0) is 17.9. The second kappa shape index (κ2) is 7.72. The number of alkyl halides is 1. The third-order valence-electron chi connectivity index (χ3n) is 4.54. The summed E-state index contributed by atoms with van der Waals surface area (Å²) in [6.45, 7) is 4.43. The Kier molecular flexibility index (Phi) is 5.90. The molecular formula is C16H26FN5O2. The molecule has 1 aromatic heterocycles. The van der Waals surface area contributed by atoms with E-state index in [0.29, 0.717) is 13.0 Å². The number of hydrogen-bond acceptors (Lipinski definition) is 4. The van der Waals surface area contributed by atoms with E-state index in [-0.39, 0.29) is 36.0 Å². The summed E-state index contributed by atoms with van der Waals surface area (Å²) < 4.78 is 15.4. The molecule has 2 atom stereocenters. The Morgan fingerprint density at radius 2 is 2.04 bits per heavy atom. The molecule has 0 aromatic carbocycles. The summed E-state index contributed by atoms with van der Waals surface area (Å²) in [6, 6.07) is -0.253. The lowest BCUT2D eigenvalue weighted by Gasteiger charge is -2.27. The predicted octanol–water partition coefficient (Wildman–Crippen LogP) is 1.36. The molecule has 0 aliphatic carbocycles. The largest absolute Gasteiger partial charge is 0.343 e. The summed E-state index contributed by atoms with van der Waals surface area (Å²) in [5.74, 6) is -0.296. The molecule has 134 valence electrons. The molecule has 1 fully saturated rings. The van der Waals surface area contributed by atoms with Crippen LogP contribution in [0, 0.1) is 5.92 Å². The van der Waals surface area contributed by atoms with E-state index in [2.05, 4.69) is 10.3 Å². The van der Waals surface area contributed by atoms with Crippen LogP contribution in [0.1, 0.15) is 43.6 Å². The summed E-state index contributed by atoms with van der Waals surface area (Å²) >= 11 is 0. The Balaban J connectivity index is 2.09. The molecule has 8 heteroatoms. The van der Waals surface area contributed by atoms with E-state index in [0.717, 1.165) is 12.8 Å². The second-order valence-electron chi connectivity index (χ2n) is 6.52. The summed E-state index contributed by atoms with van der Waals surface area (Å²) in [6.07, 6.45) is 2.33. The van der Waals surface area contributed by atoms with Crippen LogP contribution in [-0.4, -0.2) is 69.5 Å². The zero-order valence-electron chi connectivity index (χ0n) is 14.8. The molecule has 0 spiro atoms. The Morgan fingerprint density at radius 1 is 1.38 bits per heavy atom. The van der Waals surface area contributed by atoms with Crippen LogP contribution in [0.25, 0.3) is 0 Å². The maximum Gasteiger partial charge on any atom is 0.275 e. The van der Waals surface area contributed by atoms with Gasteiger partial charge in [0, 0.05) is 26.4 Å². The van der Waals surface area contributed by atoms with Crippen LogP contribution >= 0.6 is 0 Å². The van der Waals surface area contributed by atoms with Crippen molar-refractivity contribution in [1.29, 1.82) is 0 Å². The molecule has 0 radical (unpaired) electrons. The van der Waals surface area contributed by atoms with Crippen LogP contribution in [0.2, 0.25) is 0 Å². The number of amides is 2. The van der Waals surface area contributed by atoms with Gasteiger partial charge in [-0.25, -0.2) is 9.07 Å². The van der Waals surface area contributed by atoms with E-state index in [4.69, 9.17) is 0 Å². The molecule has 1 saturated heterocycles. The number of hydrogen-bond donors (Lipinski definition) is 0. The summed E-state index contributed by atoms with van der Waals surface area (Å²) in [7, 11) is 3.28. The van der Waals surface area contributed by atoms with Crippen molar-refractivity contribution in [2.75, 3.05) is 20.6 Å². The number of nitrogens with zero attached hydrogens (tertiary/aromatic N) is 5. The summed E-state index contributed by atoms with van der Waals surface area (Å²) in [4.78, 5) is 27.5. The number of halogens is 1. The maximum absolute atomic E-state index is 13.9. The Labute approximate surface area is 141 Å². The fraction of sp³-hybridized carbons (Fsp3) is 0.750. The minimum Gasteiger partial charge on any atom is -0.343 e. The normalized spacial score (nSPS) is 20.7. The lowest BCUT2D eigenvalue weighted by Crippen LogP contribution is -2.41. The average Bonchev–Trinajstić information content (AvgIpc) is 3.14.